The zero-order chi connectivity index (χ0) is 17.4. The maximum atomic E-state index is 10.1. The molecule has 0 spiro atoms. The number of hydrogen-bond donors (Lipinski definition) is 2. The predicted octanol–water partition coefficient (Wildman–Crippen LogP) is 4.58. The van der Waals surface area contributed by atoms with Gasteiger partial charge in [0.2, 0.25) is 0 Å². The predicted molar refractivity (Wildman–Crippen MR) is 107 cm³/mol. The Balaban J connectivity index is 0.00000312. The Kier molecular flexibility index (Phi) is 9.61. The van der Waals surface area contributed by atoms with Crippen LogP contribution < -0.4 is 10.1 Å². The Hall–Kier alpha value is -1.52. The maximum Gasteiger partial charge on any atom is 0.122 e. The molecule has 0 aromatic heterocycles. The van der Waals surface area contributed by atoms with Gasteiger partial charge in [-0.05, 0) is 42.7 Å². The van der Waals surface area contributed by atoms with Crippen LogP contribution in [-0.4, -0.2) is 24.4 Å². The van der Waals surface area contributed by atoms with Gasteiger partial charge < -0.3 is 15.2 Å². The summed E-state index contributed by atoms with van der Waals surface area (Å²) in [5, 5.41) is 14.2. The van der Waals surface area contributed by atoms with Gasteiger partial charge in [0, 0.05) is 17.6 Å². The van der Waals surface area contributed by atoms with E-state index in [-0.39, 0.29) is 25.1 Å². The number of aliphatic hydroxyl groups excluding tert-OH is 1. The van der Waals surface area contributed by atoms with Crippen LogP contribution in [0.1, 0.15) is 24.1 Å². The summed E-state index contributed by atoms with van der Waals surface area (Å²) in [6, 6.07) is 15.6. The third kappa shape index (κ3) is 7.09. The van der Waals surface area contributed by atoms with Crippen LogP contribution >= 0.6 is 24.0 Å². The van der Waals surface area contributed by atoms with Gasteiger partial charge in [-0.2, -0.15) is 0 Å². The molecule has 0 bridgehead atoms. The fourth-order valence-electron chi connectivity index (χ4n) is 2.40. The summed E-state index contributed by atoms with van der Waals surface area (Å²) >= 11 is 5.90. The quantitative estimate of drug-likeness (QED) is 0.624. The van der Waals surface area contributed by atoms with E-state index >= 15 is 0 Å². The van der Waals surface area contributed by atoms with E-state index in [9.17, 15) is 5.11 Å². The molecule has 0 aliphatic rings. The molecule has 0 saturated carbocycles. The topological polar surface area (TPSA) is 41.5 Å². The molecule has 0 heterocycles. The summed E-state index contributed by atoms with van der Waals surface area (Å²) in [5.74, 6) is 0.794. The first-order valence-corrected chi connectivity index (χ1v) is 8.46. The van der Waals surface area contributed by atoms with Gasteiger partial charge in [0.05, 0.1) is 0 Å². The van der Waals surface area contributed by atoms with Crippen molar-refractivity contribution in [2.45, 2.75) is 25.5 Å². The first-order chi connectivity index (χ1) is 11.6. The van der Waals surface area contributed by atoms with Crippen molar-refractivity contribution in [1.29, 1.82) is 0 Å². The van der Waals surface area contributed by atoms with Crippen molar-refractivity contribution in [2.75, 3.05) is 13.2 Å². The fraction of sp³-hybridized carbons (Fsp3) is 0.300. The van der Waals surface area contributed by atoms with E-state index < -0.39 is 6.10 Å². The van der Waals surface area contributed by atoms with Gasteiger partial charge in [-0.1, -0.05) is 48.0 Å². The fourth-order valence-corrected chi connectivity index (χ4v) is 2.52. The van der Waals surface area contributed by atoms with Crippen molar-refractivity contribution in [1.82, 2.24) is 5.32 Å². The highest BCUT2D eigenvalue weighted by Gasteiger charge is 2.10. The molecule has 136 valence electrons. The third-order valence-electron chi connectivity index (χ3n) is 3.80. The van der Waals surface area contributed by atoms with Crippen molar-refractivity contribution in [3.63, 3.8) is 0 Å². The highest BCUT2D eigenvalue weighted by atomic mass is 35.5. The average Bonchev–Trinajstić information content (AvgIpc) is 2.60. The van der Waals surface area contributed by atoms with Gasteiger partial charge in [0.1, 0.15) is 18.5 Å². The Morgan fingerprint density at radius 3 is 2.56 bits per heavy atom. The molecule has 0 aliphatic carbocycles. The van der Waals surface area contributed by atoms with Crippen LogP contribution in [0.25, 0.3) is 0 Å². The van der Waals surface area contributed by atoms with E-state index in [2.05, 4.69) is 18.8 Å². The molecule has 0 amide bonds. The molecule has 2 rings (SSSR count). The summed E-state index contributed by atoms with van der Waals surface area (Å²) in [6.45, 7) is 6.50. The minimum Gasteiger partial charge on any atom is -0.491 e. The van der Waals surface area contributed by atoms with Crippen LogP contribution in [0.3, 0.4) is 0 Å². The van der Waals surface area contributed by atoms with Crippen LogP contribution in [0.5, 0.6) is 5.75 Å². The molecule has 2 aromatic carbocycles. The highest BCUT2D eigenvalue weighted by Crippen LogP contribution is 2.19. The van der Waals surface area contributed by atoms with E-state index in [1.54, 1.807) is 0 Å². The maximum absolute atomic E-state index is 10.1. The Morgan fingerprint density at radius 2 is 1.88 bits per heavy atom. The number of allylic oxidation sites excluding steroid dienone is 1. The normalized spacial score (nSPS) is 12.8. The molecular formula is C20H25Cl2NO2. The van der Waals surface area contributed by atoms with Crippen LogP contribution in [-0.2, 0) is 6.42 Å². The van der Waals surface area contributed by atoms with Crippen molar-refractivity contribution in [3.05, 3.63) is 77.3 Å². The lowest BCUT2D eigenvalue weighted by Crippen LogP contribution is -2.33. The summed E-state index contributed by atoms with van der Waals surface area (Å²) in [4.78, 5) is 0. The number of ether oxygens (including phenoxy) is 1. The Morgan fingerprint density at radius 1 is 1.20 bits per heavy atom. The zero-order valence-corrected chi connectivity index (χ0v) is 15.9. The van der Waals surface area contributed by atoms with Crippen LogP contribution in [0, 0.1) is 0 Å². The summed E-state index contributed by atoms with van der Waals surface area (Å²) in [6.07, 6.45) is 2.00. The number of rotatable bonds is 9. The van der Waals surface area contributed by atoms with Gasteiger partial charge in [-0.3, -0.25) is 0 Å². The second-order valence-electron chi connectivity index (χ2n) is 5.75. The van der Waals surface area contributed by atoms with Crippen molar-refractivity contribution in [3.8, 4) is 5.75 Å². The van der Waals surface area contributed by atoms with E-state index in [0.29, 0.717) is 6.54 Å². The molecule has 0 fully saturated rings. The van der Waals surface area contributed by atoms with E-state index in [1.807, 2.05) is 54.6 Å². The SMILES string of the molecule is C=CCc1ccccc1OCC(O)CNC(C)c1ccc(Cl)cc1.Cl. The van der Waals surface area contributed by atoms with E-state index in [1.165, 1.54) is 0 Å². The van der Waals surface area contributed by atoms with Crippen molar-refractivity contribution < 1.29 is 9.84 Å². The molecule has 5 heteroatoms. The van der Waals surface area contributed by atoms with Gasteiger partial charge in [0.25, 0.3) is 0 Å². The third-order valence-corrected chi connectivity index (χ3v) is 4.05. The first kappa shape index (κ1) is 21.5. The zero-order valence-electron chi connectivity index (χ0n) is 14.3. The van der Waals surface area contributed by atoms with Gasteiger partial charge >= 0.3 is 0 Å². The first-order valence-electron chi connectivity index (χ1n) is 8.08. The minimum absolute atomic E-state index is 0. The molecule has 25 heavy (non-hydrogen) atoms. The number of para-hydroxylation sites is 1. The molecule has 2 aromatic rings. The number of halogens is 2. The largest absolute Gasteiger partial charge is 0.491 e. The van der Waals surface area contributed by atoms with Crippen LogP contribution in [0.4, 0.5) is 0 Å². The molecule has 2 N–H and O–H groups in total. The van der Waals surface area contributed by atoms with E-state index in [4.69, 9.17) is 16.3 Å². The Bertz CT molecular complexity index is 646. The molecule has 3 nitrogen and oxygen atoms in total. The lowest BCUT2D eigenvalue weighted by molar-refractivity contribution is 0.104. The smallest absolute Gasteiger partial charge is 0.122 e. The Labute approximate surface area is 161 Å². The molecule has 0 aliphatic heterocycles. The lowest BCUT2D eigenvalue weighted by Gasteiger charge is -2.18. The minimum atomic E-state index is -0.587. The van der Waals surface area contributed by atoms with Crippen molar-refractivity contribution in [2.24, 2.45) is 0 Å². The van der Waals surface area contributed by atoms with Gasteiger partial charge in [-0.15, -0.1) is 19.0 Å². The highest BCUT2D eigenvalue weighted by molar-refractivity contribution is 6.30. The standard InChI is InChI=1S/C20H24ClNO2.ClH/c1-3-6-17-7-4-5-8-20(17)24-14-19(23)13-22-15(2)16-9-11-18(21)12-10-16;/h3-5,7-12,15,19,22-23H,1,6,13-14H2,2H3;1H. The number of hydrogen-bond acceptors (Lipinski definition) is 3. The van der Waals surface area contributed by atoms with Crippen molar-refractivity contribution >= 4 is 24.0 Å². The molecule has 0 saturated heterocycles. The van der Waals surface area contributed by atoms with Gasteiger partial charge in [-0.25, -0.2) is 0 Å². The molecular weight excluding hydrogens is 357 g/mol. The summed E-state index contributed by atoms with van der Waals surface area (Å²) < 4.78 is 5.75. The molecule has 2 unspecified atom stereocenters. The van der Waals surface area contributed by atoms with Crippen LogP contribution in [0.2, 0.25) is 5.02 Å². The summed E-state index contributed by atoms with van der Waals surface area (Å²) in [7, 11) is 0. The average molecular weight is 382 g/mol. The van der Waals surface area contributed by atoms with E-state index in [0.717, 1.165) is 28.3 Å². The van der Waals surface area contributed by atoms with Gasteiger partial charge in [0.15, 0.2) is 0 Å². The number of nitrogens with one attached hydrogen (secondary N) is 1. The second-order valence-corrected chi connectivity index (χ2v) is 6.18. The van der Waals surface area contributed by atoms with Crippen LogP contribution in [0.15, 0.2) is 61.2 Å². The monoisotopic (exact) mass is 381 g/mol. The second kappa shape index (κ2) is 11.2. The summed E-state index contributed by atoms with van der Waals surface area (Å²) in [5.41, 5.74) is 2.20. The number of benzene rings is 2. The molecule has 2 atom stereocenters. The lowest BCUT2D eigenvalue weighted by atomic mass is 10.1. The molecule has 0 radical (unpaired) electrons. The number of aliphatic hydroxyl groups is 1.